The van der Waals surface area contributed by atoms with Crippen LogP contribution in [0.15, 0.2) is 54.7 Å². The van der Waals surface area contributed by atoms with Crippen LogP contribution in [0.2, 0.25) is 5.02 Å². The minimum Gasteiger partial charge on any atom is -0.462 e. The molecule has 1 heterocycles. The standard InChI is InChI=1S/C24H19ClF5NO3/c1-2-34-23(33)17-9-13(3-6-20(17)27)21-10-14(7-8-31-21)22(32)18(12-24(28,29)30)16-5-4-15(26)11-19(16)25/h3-11,18,22,32H,2,12H2,1H3. The van der Waals surface area contributed by atoms with Gasteiger partial charge >= 0.3 is 12.1 Å². The predicted octanol–water partition coefficient (Wildman–Crippen LogP) is 6.63. The number of alkyl halides is 3. The molecule has 0 aliphatic heterocycles. The summed E-state index contributed by atoms with van der Waals surface area (Å²) in [5, 5.41) is 10.7. The van der Waals surface area contributed by atoms with Gasteiger partial charge in [-0.3, -0.25) is 4.98 Å². The summed E-state index contributed by atoms with van der Waals surface area (Å²) in [7, 11) is 0. The fourth-order valence-electron chi connectivity index (χ4n) is 3.51. The first-order valence-corrected chi connectivity index (χ1v) is 10.5. The van der Waals surface area contributed by atoms with Crippen LogP contribution in [0.3, 0.4) is 0 Å². The van der Waals surface area contributed by atoms with E-state index in [4.69, 9.17) is 16.3 Å². The van der Waals surface area contributed by atoms with Crippen molar-refractivity contribution in [2.75, 3.05) is 6.61 Å². The van der Waals surface area contributed by atoms with Gasteiger partial charge in [-0.25, -0.2) is 13.6 Å². The van der Waals surface area contributed by atoms with Gasteiger partial charge in [0.15, 0.2) is 0 Å². The molecule has 0 radical (unpaired) electrons. The Morgan fingerprint density at radius 2 is 1.85 bits per heavy atom. The Morgan fingerprint density at radius 3 is 2.50 bits per heavy atom. The van der Waals surface area contributed by atoms with Gasteiger partial charge in [-0.05, 0) is 60.5 Å². The Bertz CT molecular complexity index is 1190. The van der Waals surface area contributed by atoms with E-state index < -0.39 is 42.2 Å². The average molecular weight is 500 g/mol. The highest BCUT2D eigenvalue weighted by atomic mass is 35.5. The van der Waals surface area contributed by atoms with E-state index in [0.29, 0.717) is 0 Å². The number of carbonyl (C=O) groups is 1. The Morgan fingerprint density at radius 1 is 1.12 bits per heavy atom. The Labute approximate surface area is 197 Å². The van der Waals surface area contributed by atoms with Gasteiger partial charge < -0.3 is 9.84 Å². The fraction of sp³-hybridized carbons (Fsp3) is 0.250. The number of carbonyl (C=O) groups excluding carboxylic acids is 1. The maximum Gasteiger partial charge on any atom is 0.389 e. The third-order valence-corrected chi connectivity index (χ3v) is 5.40. The molecule has 3 aromatic rings. The first-order chi connectivity index (χ1) is 16.0. The van der Waals surface area contributed by atoms with Gasteiger partial charge in [-0.15, -0.1) is 0 Å². The number of nitrogens with zero attached hydrogens (tertiary/aromatic N) is 1. The molecule has 2 atom stereocenters. The number of pyridine rings is 1. The van der Waals surface area contributed by atoms with Crippen LogP contribution in [0.25, 0.3) is 11.3 Å². The third kappa shape index (κ3) is 6.09. The molecule has 1 aromatic heterocycles. The molecule has 0 saturated carbocycles. The van der Waals surface area contributed by atoms with Gasteiger partial charge in [0.25, 0.3) is 0 Å². The molecule has 2 unspecified atom stereocenters. The van der Waals surface area contributed by atoms with E-state index in [0.717, 1.165) is 24.3 Å². The lowest BCUT2D eigenvalue weighted by atomic mass is 9.86. The molecule has 0 aliphatic carbocycles. The van der Waals surface area contributed by atoms with Gasteiger partial charge in [-0.1, -0.05) is 17.7 Å². The second-order valence-corrected chi connectivity index (χ2v) is 7.83. The maximum atomic E-state index is 14.1. The number of aliphatic hydroxyl groups is 1. The SMILES string of the molecule is CCOC(=O)c1cc(-c2cc(C(O)C(CC(F)(F)F)c3ccc(F)cc3Cl)ccn2)ccc1F. The monoisotopic (exact) mass is 499 g/mol. The van der Waals surface area contributed by atoms with E-state index in [2.05, 4.69) is 4.98 Å². The number of halogens is 6. The van der Waals surface area contributed by atoms with Crippen LogP contribution in [0.5, 0.6) is 0 Å². The molecule has 1 N–H and O–H groups in total. The lowest BCUT2D eigenvalue weighted by Crippen LogP contribution is -2.20. The first-order valence-electron chi connectivity index (χ1n) is 10.1. The van der Waals surface area contributed by atoms with Crippen LogP contribution in [-0.4, -0.2) is 28.8 Å². The van der Waals surface area contributed by atoms with Crippen LogP contribution < -0.4 is 0 Å². The smallest absolute Gasteiger partial charge is 0.389 e. The number of aliphatic hydroxyl groups excluding tert-OH is 1. The van der Waals surface area contributed by atoms with Crippen molar-refractivity contribution in [1.29, 1.82) is 0 Å². The van der Waals surface area contributed by atoms with E-state index in [-0.39, 0.29) is 39.6 Å². The van der Waals surface area contributed by atoms with Gasteiger partial charge in [0.2, 0.25) is 0 Å². The molecule has 34 heavy (non-hydrogen) atoms. The normalized spacial score (nSPS) is 13.4. The van der Waals surface area contributed by atoms with Crippen LogP contribution in [-0.2, 0) is 4.74 Å². The van der Waals surface area contributed by atoms with Crippen molar-refractivity contribution < 1.29 is 36.6 Å². The summed E-state index contributed by atoms with van der Waals surface area (Å²) in [6.45, 7) is 1.60. The first kappa shape index (κ1) is 25.6. The minimum absolute atomic E-state index is 0.0367. The molecule has 0 fully saturated rings. The van der Waals surface area contributed by atoms with Crippen molar-refractivity contribution in [2.24, 2.45) is 0 Å². The van der Waals surface area contributed by atoms with Crippen molar-refractivity contribution in [3.05, 3.63) is 88.1 Å². The molecular weight excluding hydrogens is 481 g/mol. The number of hydrogen-bond acceptors (Lipinski definition) is 4. The summed E-state index contributed by atoms with van der Waals surface area (Å²) < 4.78 is 72.3. The topological polar surface area (TPSA) is 59.4 Å². The summed E-state index contributed by atoms with van der Waals surface area (Å²) in [5.41, 5.74) is 0.128. The lowest BCUT2D eigenvalue weighted by molar-refractivity contribution is -0.145. The summed E-state index contributed by atoms with van der Waals surface area (Å²) in [6.07, 6.45) is -6.49. The van der Waals surface area contributed by atoms with Crippen LogP contribution in [0.1, 0.15) is 46.9 Å². The number of esters is 1. The minimum atomic E-state index is -4.65. The van der Waals surface area contributed by atoms with Crippen LogP contribution in [0, 0.1) is 11.6 Å². The molecule has 0 saturated heterocycles. The Hall–Kier alpha value is -3.04. The molecule has 10 heteroatoms. The molecule has 2 aromatic carbocycles. The summed E-state index contributed by atoms with van der Waals surface area (Å²) in [5.74, 6) is -3.95. The van der Waals surface area contributed by atoms with Crippen molar-refractivity contribution >= 4 is 17.6 Å². The van der Waals surface area contributed by atoms with E-state index in [1.807, 2.05) is 0 Å². The van der Waals surface area contributed by atoms with E-state index >= 15 is 0 Å². The number of aromatic nitrogens is 1. The molecule has 0 amide bonds. The summed E-state index contributed by atoms with van der Waals surface area (Å²) in [6, 6.07) is 9.17. The molecule has 4 nitrogen and oxygen atoms in total. The van der Waals surface area contributed by atoms with E-state index in [1.165, 1.54) is 30.5 Å². The zero-order valence-corrected chi connectivity index (χ0v) is 18.5. The van der Waals surface area contributed by atoms with Crippen LogP contribution >= 0.6 is 11.6 Å². The molecular formula is C24H19ClF5NO3. The van der Waals surface area contributed by atoms with E-state index in [1.54, 1.807) is 6.92 Å². The van der Waals surface area contributed by atoms with Gasteiger partial charge in [0.1, 0.15) is 11.6 Å². The highest BCUT2D eigenvalue weighted by Crippen LogP contribution is 2.42. The fourth-order valence-corrected chi connectivity index (χ4v) is 3.82. The zero-order valence-electron chi connectivity index (χ0n) is 17.7. The highest BCUT2D eigenvalue weighted by Gasteiger charge is 2.37. The number of ether oxygens (including phenoxy) is 1. The number of hydrogen-bond donors (Lipinski definition) is 1. The highest BCUT2D eigenvalue weighted by molar-refractivity contribution is 6.31. The predicted molar refractivity (Wildman–Crippen MR) is 115 cm³/mol. The van der Waals surface area contributed by atoms with Crippen molar-refractivity contribution in [2.45, 2.75) is 31.5 Å². The van der Waals surface area contributed by atoms with Crippen molar-refractivity contribution in [3.63, 3.8) is 0 Å². The summed E-state index contributed by atoms with van der Waals surface area (Å²) >= 11 is 5.99. The van der Waals surface area contributed by atoms with E-state index in [9.17, 15) is 31.9 Å². The second kappa shape index (κ2) is 10.5. The van der Waals surface area contributed by atoms with Gasteiger partial charge in [0, 0.05) is 22.7 Å². The molecule has 3 rings (SSSR count). The van der Waals surface area contributed by atoms with Crippen molar-refractivity contribution in [1.82, 2.24) is 4.98 Å². The van der Waals surface area contributed by atoms with Crippen molar-refractivity contribution in [3.8, 4) is 11.3 Å². The molecule has 180 valence electrons. The second-order valence-electron chi connectivity index (χ2n) is 7.43. The van der Waals surface area contributed by atoms with Gasteiger partial charge in [0.05, 0.1) is 30.4 Å². The summed E-state index contributed by atoms with van der Waals surface area (Å²) in [4.78, 5) is 16.1. The average Bonchev–Trinajstić information content (AvgIpc) is 2.77. The largest absolute Gasteiger partial charge is 0.462 e. The molecule has 0 spiro atoms. The number of rotatable bonds is 7. The quantitative estimate of drug-likeness (QED) is 0.293. The lowest BCUT2D eigenvalue weighted by Gasteiger charge is -2.26. The third-order valence-electron chi connectivity index (χ3n) is 5.08. The molecule has 0 aliphatic rings. The number of benzene rings is 2. The maximum absolute atomic E-state index is 14.1. The Kier molecular flexibility index (Phi) is 7.89. The van der Waals surface area contributed by atoms with Gasteiger partial charge in [-0.2, -0.15) is 13.2 Å². The Balaban J connectivity index is 2.01. The zero-order chi connectivity index (χ0) is 25.0. The van der Waals surface area contributed by atoms with Crippen LogP contribution in [0.4, 0.5) is 22.0 Å². The molecule has 0 bridgehead atoms.